The number of Topliss-reactive ketones (excluding diaryl/α,β-unsaturated/α-hetero) is 1. The molecule has 0 radical (unpaired) electrons. The van der Waals surface area contributed by atoms with Crippen LogP contribution in [0.1, 0.15) is 83.3 Å². The van der Waals surface area contributed by atoms with Gasteiger partial charge in [0, 0.05) is 40.6 Å². The van der Waals surface area contributed by atoms with Crippen LogP contribution in [0.25, 0.3) is 21.8 Å². The molecule has 0 saturated heterocycles. The summed E-state index contributed by atoms with van der Waals surface area (Å²) in [5.41, 5.74) is 10.0. The molecule has 0 aliphatic rings. The Labute approximate surface area is 243 Å². The van der Waals surface area contributed by atoms with Crippen molar-refractivity contribution in [2.24, 2.45) is 17.6 Å². The number of fused-ring (bicyclic) bond motifs is 3. The van der Waals surface area contributed by atoms with E-state index in [2.05, 4.69) is 47.6 Å². The number of unbranched alkanes of at least 4 members (excludes halogenated alkanes) is 1. The lowest BCUT2D eigenvalue weighted by atomic mass is 9.91. The number of nitrogens with one attached hydrogen (secondary N) is 3. The van der Waals surface area contributed by atoms with Crippen LogP contribution < -0.4 is 11.1 Å². The molecule has 8 heteroatoms. The second-order valence-electron chi connectivity index (χ2n) is 11.3. The van der Waals surface area contributed by atoms with Crippen molar-refractivity contribution >= 4 is 45.3 Å². The molecule has 1 aromatic heterocycles. The summed E-state index contributed by atoms with van der Waals surface area (Å²) in [5.74, 6) is -1.53. The number of hydrogen-bond acceptors (Lipinski definition) is 5. The van der Waals surface area contributed by atoms with Gasteiger partial charge in [-0.15, -0.1) is 0 Å². The first-order valence-corrected chi connectivity index (χ1v) is 14.9. The molecule has 0 aliphatic carbocycles. The minimum Gasteiger partial charge on any atom is -0.469 e. The number of aromatic amines is 1. The largest absolute Gasteiger partial charge is 0.469 e. The summed E-state index contributed by atoms with van der Waals surface area (Å²) >= 11 is 0. The minimum absolute atomic E-state index is 0.0315. The summed E-state index contributed by atoms with van der Waals surface area (Å²) in [4.78, 5) is 42.4. The number of methoxy groups -OCH3 is 1. The van der Waals surface area contributed by atoms with Gasteiger partial charge in [0.1, 0.15) is 0 Å². The molecule has 0 saturated carbocycles. The smallest absolute Gasteiger partial charge is 0.309 e. The van der Waals surface area contributed by atoms with Crippen LogP contribution in [0.4, 0.5) is 0 Å². The van der Waals surface area contributed by atoms with Gasteiger partial charge in [-0.05, 0) is 67.5 Å². The van der Waals surface area contributed by atoms with Gasteiger partial charge in [0.2, 0.25) is 5.91 Å². The molecule has 0 fully saturated rings. The van der Waals surface area contributed by atoms with Crippen LogP contribution in [-0.4, -0.2) is 41.6 Å². The SMILES string of the molecule is CCCc1ccc2[nH]c3ccc(CC(C)C(=O)N[C@H](CCCCC(=N)N)C(=O)C[C@@H](CCC)C(=O)OC)cc3c2c1. The van der Waals surface area contributed by atoms with Gasteiger partial charge in [-0.2, -0.15) is 0 Å². The molecule has 1 amide bonds. The zero-order valence-corrected chi connectivity index (χ0v) is 25.0. The van der Waals surface area contributed by atoms with E-state index in [0.29, 0.717) is 38.5 Å². The predicted molar refractivity (Wildman–Crippen MR) is 165 cm³/mol. The Balaban J connectivity index is 1.73. The zero-order chi connectivity index (χ0) is 29.9. The standard InChI is InChI=1S/C33H46N4O4/c1-5-9-22-13-15-27-25(18-22)26-19-23(14-16-28(26)36-27)17-21(3)32(39)37-29(11-7-8-12-31(34)35)30(38)20-24(10-6-2)33(40)41-4/h13-16,18-19,21,24,29,36H,5-12,17,20H2,1-4H3,(H3,34,35)(H,37,39)/t21?,24-,29-/m1/s1. The Morgan fingerprint density at radius 3 is 2.24 bits per heavy atom. The van der Waals surface area contributed by atoms with Crippen LogP contribution in [0.5, 0.6) is 0 Å². The Hall–Kier alpha value is -3.68. The van der Waals surface area contributed by atoms with Crippen molar-refractivity contribution in [2.45, 2.75) is 91.0 Å². The lowest BCUT2D eigenvalue weighted by Gasteiger charge is -2.22. The lowest BCUT2D eigenvalue weighted by Crippen LogP contribution is -2.44. The fourth-order valence-electron chi connectivity index (χ4n) is 5.50. The molecule has 3 rings (SSSR count). The first-order valence-electron chi connectivity index (χ1n) is 14.9. The number of carbonyl (C=O) groups excluding carboxylic acids is 3. The molecule has 5 N–H and O–H groups in total. The number of carbonyl (C=O) groups is 3. The summed E-state index contributed by atoms with van der Waals surface area (Å²) in [6.07, 6.45) is 6.17. The van der Waals surface area contributed by atoms with Crippen molar-refractivity contribution in [1.29, 1.82) is 5.41 Å². The first-order chi connectivity index (χ1) is 19.7. The number of amides is 1. The highest BCUT2D eigenvalue weighted by molar-refractivity contribution is 6.07. The molecule has 3 atom stereocenters. The van der Waals surface area contributed by atoms with Crippen molar-refractivity contribution in [3.63, 3.8) is 0 Å². The molecule has 41 heavy (non-hydrogen) atoms. The Kier molecular flexibility index (Phi) is 11.9. The number of amidine groups is 1. The number of aromatic nitrogens is 1. The summed E-state index contributed by atoms with van der Waals surface area (Å²) in [6, 6.07) is 12.1. The van der Waals surface area contributed by atoms with E-state index < -0.39 is 17.9 Å². The average Bonchev–Trinajstić information content (AvgIpc) is 3.31. The number of H-pyrrole nitrogens is 1. The van der Waals surface area contributed by atoms with E-state index in [1.165, 1.54) is 18.1 Å². The van der Waals surface area contributed by atoms with Crippen LogP contribution in [0.3, 0.4) is 0 Å². The molecule has 8 nitrogen and oxygen atoms in total. The summed E-state index contributed by atoms with van der Waals surface area (Å²) in [7, 11) is 1.33. The van der Waals surface area contributed by atoms with Gasteiger partial charge in [0.25, 0.3) is 0 Å². The first kappa shape index (κ1) is 31.8. The second kappa shape index (κ2) is 15.4. The minimum atomic E-state index is -0.700. The molecule has 2 aromatic carbocycles. The monoisotopic (exact) mass is 562 g/mol. The van der Waals surface area contributed by atoms with E-state index in [0.717, 1.165) is 41.2 Å². The van der Waals surface area contributed by atoms with Crippen molar-refractivity contribution in [1.82, 2.24) is 10.3 Å². The quantitative estimate of drug-likeness (QED) is 0.0694. The third kappa shape index (κ3) is 8.90. The topological polar surface area (TPSA) is 138 Å². The van der Waals surface area contributed by atoms with Crippen molar-refractivity contribution in [3.05, 3.63) is 47.5 Å². The predicted octanol–water partition coefficient (Wildman–Crippen LogP) is 5.98. The van der Waals surface area contributed by atoms with Crippen molar-refractivity contribution in [2.75, 3.05) is 7.11 Å². The van der Waals surface area contributed by atoms with E-state index in [1.54, 1.807) is 0 Å². The molecule has 1 heterocycles. The lowest BCUT2D eigenvalue weighted by molar-refractivity contribution is -0.147. The van der Waals surface area contributed by atoms with E-state index in [-0.39, 0.29) is 29.9 Å². The average molecular weight is 563 g/mol. The van der Waals surface area contributed by atoms with Crippen LogP contribution in [0.15, 0.2) is 36.4 Å². The van der Waals surface area contributed by atoms with Gasteiger partial charge in [-0.1, -0.05) is 52.2 Å². The van der Waals surface area contributed by atoms with Crippen LogP contribution in [0.2, 0.25) is 0 Å². The third-order valence-corrected chi connectivity index (χ3v) is 7.77. The van der Waals surface area contributed by atoms with E-state index in [9.17, 15) is 14.4 Å². The highest BCUT2D eigenvalue weighted by Crippen LogP contribution is 2.28. The van der Waals surface area contributed by atoms with E-state index in [4.69, 9.17) is 15.9 Å². The van der Waals surface area contributed by atoms with Crippen LogP contribution in [-0.2, 0) is 32.0 Å². The number of rotatable bonds is 17. The number of esters is 1. The molecule has 3 aromatic rings. The summed E-state index contributed by atoms with van der Waals surface area (Å²) in [6.45, 7) is 6.01. The molecule has 0 spiro atoms. The Morgan fingerprint density at radius 1 is 0.976 bits per heavy atom. The van der Waals surface area contributed by atoms with Gasteiger partial charge in [0.05, 0.1) is 24.9 Å². The second-order valence-corrected chi connectivity index (χ2v) is 11.3. The molecule has 0 aliphatic heterocycles. The summed E-state index contributed by atoms with van der Waals surface area (Å²) in [5, 5.41) is 12.8. The summed E-state index contributed by atoms with van der Waals surface area (Å²) < 4.78 is 4.91. The molecule has 0 bridgehead atoms. The number of aryl methyl sites for hydroxylation is 1. The Morgan fingerprint density at radius 2 is 1.63 bits per heavy atom. The third-order valence-electron chi connectivity index (χ3n) is 7.77. The fraction of sp³-hybridized carbons (Fsp3) is 0.515. The van der Waals surface area contributed by atoms with Crippen molar-refractivity contribution in [3.8, 4) is 0 Å². The molecular weight excluding hydrogens is 516 g/mol. The maximum atomic E-state index is 13.3. The number of hydrogen-bond donors (Lipinski definition) is 4. The molecule has 1 unspecified atom stereocenters. The maximum absolute atomic E-state index is 13.3. The number of nitrogens with two attached hydrogens (primary N) is 1. The molecule has 222 valence electrons. The normalized spacial score (nSPS) is 13.6. The number of benzene rings is 2. The maximum Gasteiger partial charge on any atom is 0.309 e. The van der Waals surface area contributed by atoms with Crippen LogP contribution >= 0.6 is 0 Å². The van der Waals surface area contributed by atoms with E-state index in [1.807, 2.05) is 19.9 Å². The molecular formula is C33H46N4O4. The van der Waals surface area contributed by atoms with Crippen LogP contribution in [0, 0.1) is 17.2 Å². The van der Waals surface area contributed by atoms with Gasteiger partial charge < -0.3 is 20.8 Å². The van der Waals surface area contributed by atoms with Gasteiger partial charge in [0.15, 0.2) is 5.78 Å². The number of ketones is 1. The number of ether oxygens (including phenoxy) is 1. The van der Waals surface area contributed by atoms with E-state index >= 15 is 0 Å². The van der Waals surface area contributed by atoms with Gasteiger partial charge in [-0.3, -0.25) is 19.8 Å². The highest BCUT2D eigenvalue weighted by Gasteiger charge is 2.28. The van der Waals surface area contributed by atoms with Crippen molar-refractivity contribution < 1.29 is 19.1 Å². The van der Waals surface area contributed by atoms with Gasteiger partial charge in [-0.25, -0.2) is 0 Å². The fourth-order valence-corrected chi connectivity index (χ4v) is 5.50. The van der Waals surface area contributed by atoms with Gasteiger partial charge >= 0.3 is 5.97 Å². The highest BCUT2D eigenvalue weighted by atomic mass is 16.5. The zero-order valence-electron chi connectivity index (χ0n) is 25.0. The Bertz CT molecular complexity index is 1360.